The monoisotopic (exact) mass is 446 g/mol. The molecule has 0 unspecified atom stereocenters. The van der Waals surface area contributed by atoms with Gasteiger partial charge in [0.2, 0.25) is 5.91 Å². The van der Waals surface area contributed by atoms with E-state index in [-0.39, 0.29) is 24.2 Å². The second-order valence-corrected chi connectivity index (χ2v) is 8.58. The first-order valence-corrected chi connectivity index (χ1v) is 11.6. The Hall–Kier alpha value is -3.42. The van der Waals surface area contributed by atoms with Crippen molar-refractivity contribution in [3.8, 4) is 11.1 Å². The second kappa shape index (κ2) is 10.0. The van der Waals surface area contributed by atoms with Crippen molar-refractivity contribution in [3.63, 3.8) is 0 Å². The van der Waals surface area contributed by atoms with Crippen molar-refractivity contribution in [3.05, 3.63) is 70.2 Å². The van der Waals surface area contributed by atoms with E-state index in [2.05, 4.69) is 21.9 Å². The summed E-state index contributed by atoms with van der Waals surface area (Å²) in [6.45, 7) is 6.34. The molecule has 172 valence electrons. The molecule has 1 aliphatic rings. The molecule has 33 heavy (non-hydrogen) atoms. The van der Waals surface area contributed by atoms with Gasteiger partial charge >= 0.3 is 5.69 Å². The summed E-state index contributed by atoms with van der Waals surface area (Å²) in [6.07, 6.45) is 9.88. The van der Waals surface area contributed by atoms with Crippen LogP contribution in [-0.4, -0.2) is 41.9 Å². The Morgan fingerprint density at radius 2 is 1.94 bits per heavy atom. The summed E-state index contributed by atoms with van der Waals surface area (Å²) in [5.41, 5.74) is 3.78. The molecule has 0 spiro atoms. The number of aryl methyl sites for hydroxylation is 3. The number of carbonyl (C=O) groups is 1. The van der Waals surface area contributed by atoms with Crippen LogP contribution in [0.4, 0.5) is 0 Å². The molecule has 3 aromatic rings. The van der Waals surface area contributed by atoms with Gasteiger partial charge in [-0.1, -0.05) is 6.92 Å². The maximum Gasteiger partial charge on any atom is 0.348 e. The molecule has 0 bridgehead atoms. The molecule has 1 saturated heterocycles. The molecule has 0 radical (unpaired) electrons. The normalized spacial score (nSPS) is 16.1. The Bertz CT molecular complexity index is 1190. The maximum atomic E-state index is 13.5. The van der Waals surface area contributed by atoms with Crippen molar-refractivity contribution in [2.75, 3.05) is 6.54 Å². The number of hydrogen-bond acceptors (Lipinski definition) is 6. The van der Waals surface area contributed by atoms with Gasteiger partial charge in [-0.05, 0) is 63.3 Å². The predicted molar refractivity (Wildman–Crippen MR) is 126 cm³/mol. The minimum atomic E-state index is -0.390. The van der Waals surface area contributed by atoms with Crippen LogP contribution in [0.25, 0.3) is 11.1 Å². The first kappa shape index (κ1) is 22.8. The molecule has 1 fully saturated rings. The van der Waals surface area contributed by atoms with Crippen LogP contribution in [-0.2, 0) is 17.8 Å². The van der Waals surface area contributed by atoms with E-state index in [1.165, 1.54) is 4.57 Å². The summed E-state index contributed by atoms with van der Waals surface area (Å²) >= 11 is 0. The first-order chi connectivity index (χ1) is 16.0. The zero-order chi connectivity index (χ0) is 23.4. The van der Waals surface area contributed by atoms with Crippen molar-refractivity contribution in [2.24, 2.45) is 0 Å². The SMILES string of the molecule is CCCc1ncc(-c2ccncc2)c([C@@H]2CCCCN2C(=O)Cn2c(C)cc(C)nc2=O)n1. The van der Waals surface area contributed by atoms with Gasteiger partial charge in [0.1, 0.15) is 12.4 Å². The zero-order valence-electron chi connectivity index (χ0n) is 19.5. The van der Waals surface area contributed by atoms with Crippen molar-refractivity contribution in [1.82, 2.24) is 29.4 Å². The summed E-state index contributed by atoms with van der Waals surface area (Å²) < 4.78 is 1.45. The van der Waals surface area contributed by atoms with Crippen LogP contribution in [0.2, 0.25) is 0 Å². The van der Waals surface area contributed by atoms with Gasteiger partial charge in [-0.15, -0.1) is 0 Å². The fourth-order valence-electron chi connectivity index (χ4n) is 4.49. The minimum Gasteiger partial charge on any atom is -0.333 e. The van der Waals surface area contributed by atoms with E-state index in [4.69, 9.17) is 4.98 Å². The summed E-state index contributed by atoms with van der Waals surface area (Å²) in [6, 6.07) is 5.54. The van der Waals surface area contributed by atoms with Crippen molar-refractivity contribution >= 4 is 5.91 Å². The minimum absolute atomic E-state index is 0.0219. The highest BCUT2D eigenvalue weighted by molar-refractivity contribution is 5.77. The Morgan fingerprint density at radius 1 is 1.15 bits per heavy atom. The predicted octanol–water partition coefficient (Wildman–Crippen LogP) is 3.42. The van der Waals surface area contributed by atoms with Crippen LogP contribution in [0.5, 0.6) is 0 Å². The van der Waals surface area contributed by atoms with E-state index < -0.39 is 0 Å². The number of piperidine rings is 1. The van der Waals surface area contributed by atoms with E-state index >= 15 is 0 Å². The number of nitrogens with zero attached hydrogens (tertiary/aromatic N) is 6. The molecule has 1 amide bonds. The Labute approximate surface area is 193 Å². The Kier molecular flexibility index (Phi) is 6.91. The maximum absolute atomic E-state index is 13.5. The molecule has 1 atom stereocenters. The lowest BCUT2D eigenvalue weighted by molar-refractivity contribution is -0.136. The first-order valence-electron chi connectivity index (χ1n) is 11.6. The highest BCUT2D eigenvalue weighted by Gasteiger charge is 2.31. The lowest BCUT2D eigenvalue weighted by Crippen LogP contribution is -2.43. The largest absolute Gasteiger partial charge is 0.348 e. The van der Waals surface area contributed by atoms with E-state index in [1.54, 1.807) is 19.3 Å². The highest BCUT2D eigenvalue weighted by Crippen LogP contribution is 2.35. The molecular formula is C25H30N6O2. The number of amides is 1. The number of hydrogen-bond donors (Lipinski definition) is 0. The molecule has 4 heterocycles. The molecule has 8 heteroatoms. The molecule has 3 aromatic heterocycles. The van der Waals surface area contributed by atoms with Crippen LogP contribution in [0, 0.1) is 13.8 Å². The van der Waals surface area contributed by atoms with E-state index in [0.29, 0.717) is 12.2 Å². The van der Waals surface area contributed by atoms with Gasteiger partial charge in [0, 0.05) is 48.5 Å². The Balaban J connectivity index is 1.72. The van der Waals surface area contributed by atoms with Crippen molar-refractivity contribution in [1.29, 1.82) is 0 Å². The van der Waals surface area contributed by atoms with Crippen LogP contribution in [0.15, 0.2) is 41.6 Å². The number of likely N-dealkylation sites (tertiary alicyclic amines) is 1. The molecule has 8 nitrogen and oxygen atoms in total. The Morgan fingerprint density at radius 3 is 2.67 bits per heavy atom. The molecule has 0 aliphatic carbocycles. The molecule has 0 N–H and O–H groups in total. The third-order valence-electron chi connectivity index (χ3n) is 6.11. The van der Waals surface area contributed by atoms with Crippen LogP contribution in [0.3, 0.4) is 0 Å². The topological polar surface area (TPSA) is 93.9 Å². The summed E-state index contributed by atoms with van der Waals surface area (Å²) in [5, 5.41) is 0. The average Bonchev–Trinajstić information content (AvgIpc) is 2.82. The third kappa shape index (κ3) is 4.99. The van der Waals surface area contributed by atoms with E-state index in [9.17, 15) is 9.59 Å². The lowest BCUT2D eigenvalue weighted by atomic mass is 9.94. The number of pyridine rings is 1. The quantitative estimate of drug-likeness (QED) is 0.576. The van der Waals surface area contributed by atoms with Crippen molar-refractivity contribution in [2.45, 2.75) is 65.5 Å². The molecule has 4 rings (SSSR count). The lowest BCUT2D eigenvalue weighted by Gasteiger charge is -2.36. The summed E-state index contributed by atoms with van der Waals surface area (Å²) in [5.74, 6) is 0.699. The van der Waals surface area contributed by atoms with Gasteiger partial charge in [-0.2, -0.15) is 4.98 Å². The fraction of sp³-hybridized carbons (Fsp3) is 0.440. The van der Waals surface area contributed by atoms with Gasteiger partial charge < -0.3 is 4.90 Å². The van der Waals surface area contributed by atoms with Gasteiger partial charge in [0.25, 0.3) is 0 Å². The number of aromatic nitrogens is 5. The van der Waals surface area contributed by atoms with Gasteiger partial charge in [-0.25, -0.2) is 14.8 Å². The number of carbonyl (C=O) groups excluding carboxylic acids is 1. The highest BCUT2D eigenvalue weighted by atomic mass is 16.2. The molecule has 1 aliphatic heterocycles. The van der Waals surface area contributed by atoms with E-state index in [1.807, 2.05) is 36.2 Å². The average molecular weight is 447 g/mol. The third-order valence-corrected chi connectivity index (χ3v) is 6.11. The van der Waals surface area contributed by atoms with Crippen LogP contribution >= 0.6 is 0 Å². The zero-order valence-corrected chi connectivity index (χ0v) is 19.5. The van der Waals surface area contributed by atoms with Crippen LogP contribution < -0.4 is 5.69 Å². The van der Waals surface area contributed by atoms with E-state index in [0.717, 1.165) is 60.4 Å². The molecular weight excluding hydrogens is 416 g/mol. The smallest absolute Gasteiger partial charge is 0.333 e. The molecule has 0 aromatic carbocycles. The second-order valence-electron chi connectivity index (χ2n) is 8.58. The van der Waals surface area contributed by atoms with Gasteiger partial charge in [0.15, 0.2) is 0 Å². The van der Waals surface area contributed by atoms with Crippen molar-refractivity contribution < 1.29 is 4.79 Å². The van der Waals surface area contributed by atoms with Gasteiger partial charge in [0.05, 0.1) is 11.7 Å². The van der Waals surface area contributed by atoms with Gasteiger partial charge in [-0.3, -0.25) is 14.3 Å². The number of rotatable bonds is 6. The summed E-state index contributed by atoms with van der Waals surface area (Å²) in [7, 11) is 0. The molecule has 0 saturated carbocycles. The summed E-state index contributed by atoms with van der Waals surface area (Å²) in [4.78, 5) is 45.5. The van der Waals surface area contributed by atoms with Crippen LogP contribution in [0.1, 0.15) is 61.6 Å². The fourth-order valence-corrected chi connectivity index (χ4v) is 4.49. The standard InChI is InChI=1S/C25H30N6O2/c1-4-7-22-27-15-20(19-9-11-26-12-10-19)24(29-22)21-8-5-6-13-30(21)23(32)16-31-18(3)14-17(2)28-25(31)33/h9-12,14-15,21H,4-8,13,16H2,1-3H3/t21-/m0/s1.